The van der Waals surface area contributed by atoms with Gasteiger partial charge in [-0.15, -0.1) is 0 Å². The zero-order valence-electron chi connectivity index (χ0n) is 19.7. The highest BCUT2D eigenvalue weighted by Crippen LogP contribution is 2.44. The van der Waals surface area contributed by atoms with E-state index in [9.17, 15) is 23.9 Å². The summed E-state index contributed by atoms with van der Waals surface area (Å²) < 4.78 is 24.8. The van der Waals surface area contributed by atoms with Crippen LogP contribution in [0.15, 0.2) is 88.5 Å². The fourth-order valence-electron chi connectivity index (χ4n) is 4.49. The molecule has 1 N–H and O–H groups in total. The number of benzene rings is 3. The molecular formula is C28H17FN2O6S. The van der Waals surface area contributed by atoms with Crippen molar-refractivity contribution in [1.82, 2.24) is 4.98 Å². The Bertz CT molecular complexity index is 1770. The number of rotatable bonds is 5. The van der Waals surface area contributed by atoms with Crippen LogP contribution in [0.1, 0.15) is 32.5 Å². The Morgan fingerprint density at radius 3 is 2.58 bits per heavy atom. The summed E-state index contributed by atoms with van der Waals surface area (Å²) in [5, 5.41) is 11.8. The van der Waals surface area contributed by atoms with E-state index in [4.69, 9.17) is 9.15 Å². The van der Waals surface area contributed by atoms with Crippen LogP contribution in [0.3, 0.4) is 0 Å². The van der Waals surface area contributed by atoms with E-state index in [1.54, 1.807) is 42.5 Å². The van der Waals surface area contributed by atoms with Crippen LogP contribution >= 0.6 is 11.3 Å². The molecule has 0 saturated carbocycles. The molecule has 8 nitrogen and oxygen atoms in total. The number of furan rings is 1. The van der Waals surface area contributed by atoms with Gasteiger partial charge in [-0.1, -0.05) is 41.7 Å². The Kier molecular flexibility index (Phi) is 5.54. The second-order valence-electron chi connectivity index (χ2n) is 8.54. The second-order valence-corrected chi connectivity index (χ2v) is 9.55. The number of hydrogen-bond donors (Lipinski definition) is 1. The molecule has 6 rings (SSSR count). The van der Waals surface area contributed by atoms with Crippen LogP contribution in [0.4, 0.5) is 9.52 Å². The minimum atomic E-state index is -1.10. The number of fused-ring (bicyclic) bond motifs is 2. The molecule has 3 aromatic carbocycles. The van der Waals surface area contributed by atoms with E-state index in [0.717, 1.165) is 11.3 Å². The van der Waals surface area contributed by atoms with Gasteiger partial charge in [0.05, 0.1) is 34.5 Å². The first kappa shape index (κ1) is 23.6. The number of anilines is 1. The van der Waals surface area contributed by atoms with Crippen molar-refractivity contribution in [2.45, 2.75) is 6.04 Å². The zero-order chi connectivity index (χ0) is 26.6. The Morgan fingerprint density at radius 1 is 1.08 bits per heavy atom. The summed E-state index contributed by atoms with van der Waals surface area (Å²) in [6, 6.07) is 17.6. The second kappa shape index (κ2) is 8.93. The fraction of sp³-hybridized carbons (Fsp3) is 0.0714. The van der Waals surface area contributed by atoms with Crippen molar-refractivity contribution in [1.29, 1.82) is 0 Å². The van der Waals surface area contributed by atoms with Crippen molar-refractivity contribution in [3.8, 4) is 0 Å². The van der Waals surface area contributed by atoms with E-state index in [1.165, 1.54) is 42.3 Å². The van der Waals surface area contributed by atoms with Crippen LogP contribution in [-0.4, -0.2) is 34.9 Å². The summed E-state index contributed by atoms with van der Waals surface area (Å²) in [4.78, 5) is 44.8. The van der Waals surface area contributed by atoms with Crippen LogP contribution in [-0.2, 0) is 9.53 Å². The summed E-state index contributed by atoms with van der Waals surface area (Å²) in [7, 11) is 1.26. The number of Topliss-reactive ketones (excluding diaryl/α,β-unsaturated/α-hetero) is 1. The summed E-state index contributed by atoms with van der Waals surface area (Å²) in [6.07, 6.45) is 0. The van der Waals surface area contributed by atoms with Crippen molar-refractivity contribution < 1.29 is 33.0 Å². The van der Waals surface area contributed by atoms with Gasteiger partial charge in [0.15, 0.2) is 16.7 Å². The van der Waals surface area contributed by atoms with Crippen LogP contribution in [0.2, 0.25) is 0 Å². The van der Waals surface area contributed by atoms with Crippen LogP contribution in [0.25, 0.3) is 21.2 Å². The quantitative estimate of drug-likeness (QED) is 0.228. The molecule has 188 valence electrons. The largest absolute Gasteiger partial charge is 0.503 e. The predicted octanol–water partition coefficient (Wildman–Crippen LogP) is 5.75. The zero-order valence-corrected chi connectivity index (χ0v) is 20.5. The minimum absolute atomic E-state index is 0.0510. The number of thiazole rings is 1. The van der Waals surface area contributed by atoms with Crippen molar-refractivity contribution in [3.05, 3.63) is 107 Å². The van der Waals surface area contributed by atoms with Gasteiger partial charge in [0, 0.05) is 5.39 Å². The highest BCUT2D eigenvalue weighted by atomic mass is 32.1. The molecule has 1 amide bonds. The maximum absolute atomic E-state index is 13.8. The number of halogens is 1. The van der Waals surface area contributed by atoms with Gasteiger partial charge in [0.1, 0.15) is 11.4 Å². The number of hydrogen-bond acceptors (Lipinski definition) is 8. The van der Waals surface area contributed by atoms with Gasteiger partial charge < -0.3 is 14.3 Å². The molecule has 0 saturated heterocycles. The molecule has 3 heterocycles. The molecular weight excluding hydrogens is 511 g/mol. The SMILES string of the molecule is COC(=O)c1ccc(C2C(C(=O)c3cc4ccccc4o3)=C(O)C(=O)N2c2nc3ccc(F)cc3s2)cc1. The summed E-state index contributed by atoms with van der Waals surface area (Å²) >= 11 is 1.05. The van der Waals surface area contributed by atoms with E-state index in [0.29, 0.717) is 26.7 Å². The van der Waals surface area contributed by atoms with E-state index in [2.05, 4.69) is 4.98 Å². The Hall–Kier alpha value is -4.83. The minimum Gasteiger partial charge on any atom is -0.503 e. The fourth-order valence-corrected chi connectivity index (χ4v) is 5.50. The third kappa shape index (κ3) is 3.73. The molecule has 0 spiro atoms. The maximum atomic E-state index is 13.8. The number of para-hydroxylation sites is 1. The van der Waals surface area contributed by atoms with Gasteiger partial charge in [-0.25, -0.2) is 14.2 Å². The average molecular weight is 529 g/mol. The molecule has 1 atom stereocenters. The normalized spacial score (nSPS) is 15.6. The number of ether oxygens (including phenoxy) is 1. The van der Waals surface area contributed by atoms with E-state index in [1.807, 2.05) is 0 Å². The van der Waals surface area contributed by atoms with Gasteiger partial charge in [0.2, 0.25) is 5.78 Å². The van der Waals surface area contributed by atoms with Gasteiger partial charge in [-0.05, 0) is 48.0 Å². The van der Waals surface area contributed by atoms with Crippen molar-refractivity contribution in [3.63, 3.8) is 0 Å². The van der Waals surface area contributed by atoms with Gasteiger partial charge in [-0.3, -0.25) is 14.5 Å². The van der Waals surface area contributed by atoms with Gasteiger partial charge in [-0.2, -0.15) is 0 Å². The highest BCUT2D eigenvalue weighted by molar-refractivity contribution is 7.22. The lowest BCUT2D eigenvalue weighted by molar-refractivity contribution is -0.117. The molecule has 10 heteroatoms. The average Bonchev–Trinajstić information content (AvgIpc) is 3.62. The van der Waals surface area contributed by atoms with E-state index in [-0.39, 0.29) is 22.0 Å². The molecule has 38 heavy (non-hydrogen) atoms. The summed E-state index contributed by atoms with van der Waals surface area (Å²) in [6.45, 7) is 0. The number of methoxy groups -OCH3 is 1. The molecule has 2 aromatic heterocycles. The number of amides is 1. The highest BCUT2D eigenvalue weighted by Gasteiger charge is 2.46. The number of aliphatic hydroxyl groups is 1. The topological polar surface area (TPSA) is 110 Å². The molecule has 5 aromatic rings. The monoisotopic (exact) mass is 528 g/mol. The van der Waals surface area contributed by atoms with E-state index >= 15 is 0 Å². The third-order valence-corrected chi connectivity index (χ3v) is 7.31. The summed E-state index contributed by atoms with van der Waals surface area (Å²) in [5.41, 5.74) is 1.42. The Labute approximate surface area is 218 Å². The number of aliphatic hydroxyl groups excluding tert-OH is 1. The van der Waals surface area contributed by atoms with Crippen molar-refractivity contribution in [2.75, 3.05) is 12.0 Å². The van der Waals surface area contributed by atoms with Gasteiger partial charge in [0.25, 0.3) is 5.91 Å². The molecule has 0 bridgehead atoms. The molecule has 1 aliphatic rings. The first-order valence-electron chi connectivity index (χ1n) is 11.4. The lowest BCUT2D eigenvalue weighted by Gasteiger charge is -2.24. The Balaban J connectivity index is 1.50. The van der Waals surface area contributed by atoms with E-state index < -0.39 is 35.3 Å². The van der Waals surface area contributed by atoms with Crippen LogP contribution in [0, 0.1) is 5.82 Å². The first-order valence-corrected chi connectivity index (χ1v) is 12.2. The molecule has 0 aliphatic carbocycles. The lowest BCUT2D eigenvalue weighted by Crippen LogP contribution is -2.31. The summed E-state index contributed by atoms with van der Waals surface area (Å²) in [5.74, 6) is -3.33. The lowest BCUT2D eigenvalue weighted by atomic mass is 9.94. The Morgan fingerprint density at radius 2 is 1.84 bits per heavy atom. The number of ketones is 1. The van der Waals surface area contributed by atoms with Crippen LogP contribution in [0.5, 0.6) is 0 Å². The number of esters is 1. The third-order valence-electron chi connectivity index (χ3n) is 6.29. The predicted molar refractivity (Wildman–Crippen MR) is 138 cm³/mol. The number of aromatic nitrogens is 1. The number of carbonyl (C=O) groups excluding carboxylic acids is 3. The van der Waals surface area contributed by atoms with Crippen molar-refractivity contribution >= 4 is 55.3 Å². The molecule has 1 unspecified atom stereocenters. The van der Waals surface area contributed by atoms with Crippen LogP contribution < -0.4 is 4.90 Å². The number of nitrogens with zero attached hydrogens (tertiary/aromatic N) is 2. The smallest absolute Gasteiger partial charge is 0.337 e. The molecule has 0 fully saturated rings. The maximum Gasteiger partial charge on any atom is 0.337 e. The van der Waals surface area contributed by atoms with Crippen molar-refractivity contribution in [2.24, 2.45) is 0 Å². The first-order chi connectivity index (χ1) is 18.4. The molecule has 1 aliphatic heterocycles. The standard InChI is InChI=1S/C28H17FN2O6S/c1-36-27(35)15-8-6-14(7-9-15)23-22(24(32)20-12-16-4-2-3-5-19(16)37-20)25(33)26(34)31(23)28-30-18-11-10-17(29)13-21(18)38-28/h2-13,23,33H,1H3. The van der Waals surface area contributed by atoms with Gasteiger partial charge >= 0.3 is 5.97 Å². The molecule has 0 radical (unpaired) electrons. The number of carbonyl (C=O) groups is 3.